The number of benzene rings is 1. The molecule has 1 saturated heterocycles. The zero-order valence-electron chi connectivity index (χ0n) is 14.9. The zero-order chi connectivity index (χ0) is 18.9. The van der Waals surface area contributed by atoms with Crippen LogP contribution in [-0.2, 0) is 14.8 Å². The fourth-order valence-electron chi connectivity index (χ4n) is 3.55. The van der Waals surface area contributed by atoms with Gasteiger partial charge in [0.15, 0.2) is 0 Å². The van der Waals surface area contributed by atoms with Gasteiger partial charge in [-0.3, -0.25) is 4.79 Å². The summed E-state index contributed by atoms with van der Waals surface area (Å²) in [6.45, 7) is 2.82. The van der Waals surface area contributed by atoms with Crippen molar-refractivity contribution >= 4 is 15.9 Å². The van der Waals surface area contributed by atoms with E-state index in [0.717, 1.165) is 25.0 Å². The Morgan fingerprint density at radius 2 is 1.96 bits per heavy atom. The fourth-order valence-corrected chi connectivity index (χ4v) is 5.08. The maximum atomic E-state index is 13.1. The van der Waals surface area contributed by atoms with Gasteiger partial charge in [0.25, 0.3) is 0 Å². The van der Waals surface area contributed by atoms with Gasteiger partial charge in [0.2, 0.25) is 15.9 Å². The standard InChI is InChI=1S/C18H26FN3O3S/c1-18(12-20,14-4-5-14)21-17(23)13-3-2-10-22(11-13)26(24,25)16-8-6-15(19)7-9-16/h6-9,13-14H,2-5,10-12,20H2,1H3,(H,21,23). The Kier molecular flexibility index (Phi) is 5.37. The van der Waals surface area contributed by atoms with Crippen LogP contribution in [0.25, 0.3) is 0 Å². The van der Waals surface area contributed by atoms with Crippen LogP contribution in [0.5, 0.6) is 0 Å². The van der Waals surface area contributed by atoms with Crippen LogP contribution in [-0.4, -0.2) is 43.8 Å². The highest BCUT2D eigenvalue weighted by atomic mass is 32.2. The highest BCUT2D eigenvalue weighted by Gasteiger charge is 2.43. The van der Waals surface area contributed by atoms with Gasteiger partial charge in [-0.25, -0.2) is 12.8 Å². The number of rotatable bonds is 6. The van der Waals surface area contributed by atoms with Crippen LogP contribution < -0.4 is 11.1 Å². The van der Waals surface area contributed by atoms with Gasteiger partial charge in [-0.15, -0.1) is 0 Å². The Balaban J connectivity index is 1.70. The molecule has 144 valence electrons. The van der Waals surface area contributed by atoms with E-state index in [9.17, 15) is 17.6 Å². The lowest BCUT2D eigenvalue weighted by atomic mass is 9.92. The summed E-state index contributed by atoms with van der Waals surface area (Å²) in [5.41, 5.74) is 5.44. The maximum Gasteiger partial charge on any atom is 0.243 e. The van der Waals surface area contributed by atoms with Crippen molar-refractivity contribution in [3.63, 3.8) is 0 Å². The molecule has 6 nitrogen and oxygen atoms in total. The first kappa shape index (κ1) is 19.3. The van der Waals surface area contributed by atoms with Gasteiger partial charge >= 0.3 is 0 Å². The Morgan fingerprint density at radius 1 is 1.31 bits per heavy atom. The molecule has 2 atom stereocenters. The van der Waals surface area contributed by atoms with Crippen molar-refractivity contribution in [3.8, 4) is 0 Å². The van der Waals surface area contributed by atoms with Gasteiger partial charge in [-0.1, -0.05) is 0 Å². The Labute approximate surface area is 154 Å². The zero-order valence-corrected chi connectivity index (χ0v) is 15.8. The van der Waals surface area contributed by atoms with E-state index in [1.807, 2.05) is 6.92 Å². The predicted molar refractivity (Wildman–Crippen MR) is 96.2 cm³/mol. The molecule has 1 heterocycles. The highest BCUT2D eigenvalue weighted by molar-refractivity contribution is 7.89. The summed E-state index contributed by atoms with van der Waals surface area (Å²) >= 11 is 0. The number of amides is 1. The molecule has 3 N–H and O–H groups in total. The Hall–Kier alpha value is -1.51. The normalized spacial score (nSPS) is 24.0. The summed E-state index contributed by atoms with van der Waals surface area (Å²) < 4.78 is 40.0. The monoisotopic (exact) mass is 383 g/mol. The molecule has 1 aromatic carbocycles. The minimum Gasteiger partial charge on any atom is -0.349 e. The lowest BCUT2D eigenvalue weighted by molar-refractivity contribution is -0.128. The van der Waals surface area contributed by atoms with Crippen molar-refractivity contribution < 1.29 is 17.6 Å². The Morgan fingerprint density at radius 3 is 2.54 bits per heavy atom. The van der Waals surface area contributed by atoms with Crippen LogP contribution in [0.15, 0.2) is 29.2 Å². The molecule has 1 aliphatic heterocycles. The van der Waals surface area contributed by atoms with Crippen LogP contribution in [0.2, 0.25) is 0 Å². The molecular formula is C18H26FN3O3S. The molecule has 1 aromatic rings. The van der Waals surface area contributed by atoms with Crippen molar-refractivity contribution in [1.82, 2.24) is 9.62 Å². The average Bonchev–Trinajstić information content (AvgIpc) is 3.48. The van der Waals surface area contributed by atoms with Crippen molar-refractivity contribution in [2.24, 2.45) is 17.6 Å². The summed E-state index contributed by atoms with van der Waals surface area (Å²) in [6, 6.07) is 4.77. The number of piperidine rings is 1. The molecule has 0 spiro atoms. The van der Waals surface area contributed by atoms with E-state index in [1.165, 1.54) is 16.4 Å². The van der Waals surface area contributed by atoms with E-state index < -0.39 is 27.3 Å². The second kappa shape index (κ2) is 7.25. The van der Waals surface area contributed by atoms with Gasteiger partial charge in [0, 0.05) is 19.6 Å². The van der Waals surface area contributed by atoms with Gasteiger partial charge in [0.05, 0.1) is 16.4 Å². The van der Waals surface area contributed by atoms with Crippen LogP contribution in [0.4, 0.5) is 4.39 Å². The molecular weight excluding hydrogens is 357 g/mol. The summed E-state index contributed by atoms with van der Waals surface area (Å²) in [6.07, 6.45) is 3.38. The molecule has 1 saturated carbocycles. The molecule has 26 heavy (non-hydrogen) atoms. The minimum atomic E-state index is -3.74. The predicted octanol–water partition coefficient (Wildman–Crippen LogP) is 1.47. The van der Waals surface area contributed by atoms with Crippen molar-refractivity contribution in [3.05, 3.63) is 30.1 Å². The molecule has 0 aromatic heterocycles. The second-order valence-electron chi connectivity index (χ2n) is 7.54. The summed E-state index contributed by atoms with van der Waals surface area (Å²) in [7, 11) is -3.74. The molecule has 1 aliphatic carbocycles. The number of nitrogens with zero attached hydrogens (tertiary/aromatic N) is 1. The largest absolute Gasteiger partial charge is 0.349 e. The van der Waals surface area contributed by atoms with E-state index in [1.54, 1.807) is 0 Å². The first-order valence-electron chi connectivity index (χ1n) is 9.04. The van der Waals surface area contributed by atoms with Crippen molar-refractivity contribution in [2.45, 2.75) is 43.0 Å². The van der Waals surface area contributed by atoms with E-state index in [4.69, 9.17) is 5.73 Å². The molecule has 0 radical (unpaired) electrons. The number of nitrogens with one attached hydrogen (secondary N) is 1. The van der Waals surface area contributed by atoms with E-state index in [0.29, 0.717) is 31.8 Å². The van der Waals surface area contributed by atoms with E-state index in [2.05, 4.69) is 5.32 Å². The highest BCUT2D eigenvalue weighted by Crippen LogP contribution is 2.39. The SMILES string of the molecule is CC(CN)(NC(=O)C1CCCN(S(=O)(=O)c2ccc(F)cc2)C1)C1CC1. The van der Waals surface area contributed by atoms with Gasteiger partial charge in [0.1, 0.15) is 5.82 Å². The lowest BCUT2D eigenvalue weighted by Crippen LogP contribution is -2.56. The summed E-state index contributed by atoms with van der Waals surface area (Å²) in [5, 5.41) is 3.06. The number of halogens is 1. The molecule has 1 amide bonds. The van der Waals surface area contributed by atoms with Crippen molar-refractivity contribution in [1.29, 1.82) is 0 Å². The smallest absolute Gasteiger partial charge is 0.243 e. The molecule has 8 heteroatoms. The van der Waals surface area contributed by atoms with Gasteiger partial charge < -0.3 is 11.1 Å². The third-order valence-corrected chi connectivity index (χ3v) is 7.40. The summed E-state index contributed by atoms with van der Waals surface area (Å²) in [4.78, 5) is 12.8. The topological polar surface area (TPSA) is 92.5 Å². The van der Waals surface area contributed by atoms with Crippen LogP contribution in [0.1, 0.15) is 32.6 Å². The molecule has 2 unspecified atom stereocenters. The number of hydrogen-bond donors (Lipinski definition) is 2. The van der Waals surface area contributed by atoms with E-state index in [-0.39, 0.29) is 17.3 Å². The number of carbonyl (C=O) groups excluding carboxylic acids is 1. The average molecular weight is 383 g/mol. The third-order valence-electron chi connectivity index (χ3n) is 5.52. The van der Waals surface area contributed by atoms with Gasteiger partial charge in [-0.2, -0.15) is 4.31 Å². The lowest BCUT2D eigenvalue weighted by Gasteiger charge is -2.35. The van der Waals surface area contributed by atoms with Gasteiger partial charge in [-0.05, 0) is 62.8 Å². The number of hydrogen-bond acceptors (Lipinski definition) is 4. The fraction of sp³-hybridized carbons (Fsp3) is 0.611. The van der Waals surface area contributed by atoms with Crippen LogP contribution in [0, 0.1) is 17.7 Å². The van der Waals surface area contributed by atoms with Crippen LogP contribution >= 0.6 is 0 Å². The molecule has 3 rings (SSSR count). The molecule has 2 aliphatic rings. The third kappa shape index (κ3) is 3.92. The molecule has 2 fully saturated rings. The first-order chi connectivity index (χ1) is 12.3. The van der Waals surface area contributed by atoms with Crippen molar-refractivity contribution in [2.75, 3.05) is 19.6 Å². The maximum absolute atomic E-state index is 13.1. The number of nitrogens with two attached hydrogens (primary N) is 1. The van der Waals surface area contributed by atoms with Crippen LogP contribution in [0.3, 0.4) is 0 Å². The van der Waals surface area contributed by atoms with E-state index >= 15 is 0 Å². The number of carbonyl (C=O) groups is 1. The Bertz CT molecular complexity index is 764. The number of sulfonamides is 1. The summed E-state index contributed by atoms with van der Waals surface area (Å²) in [5.74, 6) is -0.618. The first-order valence-corrected chi connectivity index (χ1v) is 10.5. The quantitative estimate of drug-likeness (QED) is 0.778. The molecule has 0 bridgehead atoms. The minimum absolute atomic E-state index is 0.0461. The second-order valence-corrected chi connectivity index (χ2v) is 9.48.